The number of methoxy groups -OCH3 is 1. The van der Waals surface area contributed by atoms with Crippen LogP contribution in [0.4, 0.5) is 5.69 Å². The van der Waals surface area contributed by atoms with E-state index in [0.717, 1.165) is 42.7 Å². The Morgan fingerprint density at radius 1 is 0.914 bits per heavy atom. The minimum atomic E-state index is -0.0938. The summed E-state index contributed by atoms with van der Waals surface area (Å²) in [5.41, 5.74) is 2.97. The third-order valence-electron chi connectivity index (χ3n) is 6.05. The number of amides is 1. The number of nitrogens with zero attached hydrogens (tertiary/aromatic N) is 1. The van der Waals surface area contributed by atoms with Gasteiger partial charge in [-0.3, -0.25) is 9.69 Å². The van der Waals surface area contributed by atoms with Crippen LogP contribution in [0.1, 0.15) is 76.3 Å². The summed E-state index contributed by atoms with van der Waals surface area (Å²) >= 11 is 6.87. The Balaban J connectivity index is 1.63. The zero-order valence-electron chi connectivity index (χ0n) is 21.2. The average Bonchev–Trinajstić information content (AvgIpc) is 3.15. The van der Waals surface area contributed by atoms with Gasteiger partial charge in [-0.15, -0.1) is 0 Å². The molecule has 0 radical (unpaired) electrons. The second-order valence-corrected chi connectivity index (χ2v) is 10.5. The van der Waals surface area contributed by atoms with Gasteiger partial charge >= 0.3 is 0 Å². The molecule has 6 heteroatoms. The second kappa shape index (κ2) is 14.3. The molecule has 0 spiro atoms. The van der Waals surface area contributed by atoms with E-state index in [4.69, 9.17) is 21.7 Å². The number of rotatable bonds is 14. The van der Waals surface area contributed by atoms with Gasteiger partial charge < -0.3 is 9.47 Å². The Kier molecular flexibility index (Phi) is 11.1. The molecule has 35 heavy (non-hydrogen) atoms. The molecule has 4 nitrogen and oxygen atoms in total. The van der Waals surface area contributed by atoms with Crippen molar-refractivity contribution in [2.24, 2.45) is 0 Å². The highest BCUT2D eigenvalue weighted by Crippen LogP contribution is 2.37. The van der Waals surface area contributed by atoms with E-state index in [9.17, 15) is 4.79 Å². The van der Waals surface area contributed by atoms with Gasteiger partial charge in [-0.25, -0.2) is 0 Å². The number of ether oxygens (including phenoxy) is 2. The first-order chi connectivity index (χ1) is 17.1. The van der Waals surface area contributed by atoms with Gasteiger partial charge in [-0.1, -0.05) is 94.6 Å². The molecule has 1 amide bonds. The SMILES string of the molecule is CCCCCCCCOc1ccc(/C=C2\SC(=S)N(c3ccc(CCCC)cc3)C2=O)cc1OC. The Labute approximate surface area is 220 Å². The lowest BCUT2D eigenvalue weighted by Crippen LogP contribution is -2.27. The van der Waals surface area contributed by atoms with Crippen molar-refractivity contribution in [1.29, 1.82) is 0 Å². The van der Waals surface area contributed by atoms with Crippen LogP contribution in [0, 0.1) is 0 Å². The fraction of sp³-hybridized carbons (Fsp3) is 0.448. The van der Waals surface area contributed by atoms with Crippen molar-refractivity contribution in [1.82, 2.24) is 0 Å². The lowest BCUT2D eigenvalue weighted by Gasteiger charge is -2.15. The van der Waals surface area contributed by atoms with Gasteiger partial charge in [0.2, 0.25) is 0 Å². The summed E-state index contributed by atoms with van der Waals surface area (Å²) in [6.45, 7) is 5.10. The van der Waals surface area contributed by atoms with E-state index in [2.05, 4.69) is 26.0 Å². The molecule has 0 unspecified atom stereocenters. The molecular weight excluding hydrogens is 474 g/mol. The lowest BCUT2D eigenvalue weighted by molar-refractivity contribution is -0.113. The highest BCUT2D eigenvalue weighted by atomic mass is 32.2. The van der Waals surface area contributed by atoms with E-state index in [1.807, 2.05) is 36.4 Å². The topological polar surface area (TPSA) is 38.8 Å². The van der Waals surface area contributed by atoms with Crippen molar-refractivity contribution in [3.63, 3.8) is 0 Å². The molecule has 1 aliphatic heterocycles. The normalized spacial score (nSPS) is 14.7. The van der Waals surface area contributed by atoms with Crippen molar-refractivity contribution < 1.29 is 14.3 Å². The quantitative estimate of drug-likeness (QED) is 0.145. The lowest BCUT2D eigenvalue weighted by atomic mass is 10.1. The van der Waals surface area contributed by atoms with Crippen LogP contribution in [0.3, 0.4) is 0 Å². The van der Waals surface area contributed by atoms with E-state index in [-0.39, 0.29) is 5.91 Å². The van der Waals surface area contributed by atoms with Gasteiger partial charge in [0.15, 0.2) is 15.8 Å². The molecule has 1 fully saturated rings. The predicted octanol–water partition coefficient (Wildman–Crippen LogP) is 8.18. The molecule has 0 aromatic heterocycles. The maximum atomic E-state index is 13.2. The molecule has 3 rings (SSSR count). The maximum absolute atomic E-state index is 13.2. The van der Waals surface area contributed by atoms with Crippen LogP contribution in [-0.2, 0) is 11.2 Å². The van der Waals surface area contributed by atoms with Gasteiger partial charge in [0.05, 0.1) is 24.3 Å². The minimum absolute atomic E-state index is 0.0938. The molecule has 0 bridgehead atoms. The largest absolute Gasteiger partial charge is 0.493 e. The third kappa shape index (κ3) is 7.84. The van der Waals surface area contributed by atoms with Crippen LogP contribution in [0.15, 0.2) is 47.4 Å². The van der Waals surface area contributed by atoms with E-state index < -0.39 is 0 Å². The third-order valence-corrected chi connectivity index (χ3v) is 7.35. The Hall–Kier alpha value is -2.31. The molecule has 1 saturated heterocycles. The van der Waals surface area contributed by atoms with Gasteiger partial charge in [0.25, 0.3) is 5.91 Å². The van der Waals surface area contributed by atoms with Gasteiger partial charge in [-0.05, 0) is 60.7 Å². The van der Waals surface area contributed by atoms with Crippen LogP contribution in [-0.4, -0.2) is 23.9 Å². The summed E-state index contributed by atoms with van der Waals surface area (Å²) in [5.74, 6) is 1.31. The number of aryl methyl sites for hydroxylation is 1. The number of thioether (sulfide) groups is 1. The standard InChI is InChI=1S/C29H37NO3S2/c1-4-6-8-9-10-11-19-33-25-18-15-23(20-26(25)32-3)21-27-28(31)30(29(34)35-27)24-16-13-22(14-17-24)12-7-5-2/h13-18,20-21H,4-12,19H2,1-3H3/b27-21-. The van der Waals surface area contributed by atoms with E-state index in [1.54, 1.807) is 12.0 Å². The molecular formula is C29H37NO3S2. The van der Waals surface area contributed by atoms with Gasteiger partial charge in [-0.2, -0.15) is 0 Å². The van der Waals surface area contributed by atoms with Crippen LogP contribution in [0.25, 0.3) is 6.08 Å². The fourth-order valence-corrected chi connectivity index (χ4v) is 5.29. The number of benzene rings is 2. The summed E-state index contributed by atoms with van der Waals surface area (Å²) in [4.78, 5) is 15.4. The molecule has 2 aromatic rings. The van der Waals surface area contributed by atoms with E-state index >= 15 is 0 Å². The minimum Gasteiger partial charge on any atom is -0.493 e. The Morgan fingerprint density at radius 3 is 2.34 bits per heavy atom. The number of carbonyl (C=O) groups is 1. The monoisotopic (exact) mass is 511 g/mol. The smallest absolute Gasteiger partial charge is 0.270 e. The molecule has 1 aliphatic rings. The average molecular weight is 512 g/mol. The zero-order chi connectivity index (χ0) is 25.0. The summed E-state index contributed by atoms with van der Waals surface area (Å²) < 4.78 is 12.1. The van der Waals surface area contributed by atoms with Crippen LogP contribution >= 0.6 is 24.0 Å². The Bertz CT molecular complexity index is 1020. The summed E-state index contributed by atoms with van der Waals surface area (Å²) in [6, 6.07) is 13.9. The van der Waals surface area contributed by atoms with Crippen LogP contribution < -0.4 is 14.4 Å². The number of unbranched alkanes of at least 4 members (excludes halogenated alkanes) is 6. The van der Waals surface area contributed by atoms with Crippen LogP contribution in [0.2, 0.25) is 0 Å². The van der Waals surface area contributed by atoms with Crippen molar-refractivity contribution >= 4 is 46.0 Å². The van der Waals surface area contributed by atoms with E-state index in [1.165, 1.54) is 49.4 Å². The fourth-order valence-electron chi connectivity index (χ4n) is 3.99. The zero-order valence-corrected chi connectivity index (χ0v) is 22.8. The number of hydrogen-bond acceptors (Lipinski definition) is 5. The highest BCUT2D eigenvalue weighted by Gasteiger charge is 2.33. The first-order valence-electron chi connectivity index (χ1n) is 12.7. The molecule has 0 aliphatic carbocycles. The van der Waals surface area contributed by atoms with Crippen molar-refractivity contribution in [2.75, 3.05) is 18.6 Å². The predicted molar refractivity (Wildman–Crippen MR) is 153 cm³/mol. The summed E-state index contributed by atoms with van der Waals surface area (Å²) in [6.07, 6.45) is 12.6. The highest BCUT2D eigenvalue weighted by molar-refractivity contribution is 8.27. The van der Waals surface area contributed by atoms with Crippen molar-refractivity contribution in [3.8, 4) is 11.5 Å². The number of anilines is 1. The number of hydrogen-bond donors (Lipinski definition) is 0. The molecule has 0 saturated carbocycles. The number of carbonyl (C=O) groups excluding carboxylic acids is 1. The van der Waals surface area contributed by atoms with Gasteiger partial charge in [0, 0.05) is 0 Å². The Morgan fingerprint density at radius 2 is 1.63 bits per heavy atom. The first-order valence-corrected chi connectivity index (χ1v) is 14.0. The second-order valence-electron chi connectivity index (χ2n) is 8.81. The summed E-state index contributed by atoms with van der Waals surface area (Å²) in [7, 11) is 1.64. The first kappa shape index (κ1) is 27.3. The molecule has 2 aromatic carbocycles. The van der Waals surface area contributed by atoms with Crippen molar-refractivity contribution in [2.45, 2.75) is 71.6 Å². The summed E-state index contributed by atoms with van der Waals surface area (Å²) in [5, 5.41) is 0. The number of thiocarbonyl (C=S) groups is 1. The molecule has 0 N–H and O–H groups in total. The molecule has 188 valence electrons. The van der Waals surface area contributed by atoms with E-state index in [0.29, 0.717) is 21.6 Å². The van der Waals surface area contributed by atoms with Crippen LogP contribution in [0.5, 0.6) is 11.5 Å². The van der Waals surface area contributed by atoms with Gasteiger partial charge in [0.1, 0.15) is 0 Å². The maximum Gasteiger partial charge on any atom is 0.270 e. The molecule has 1 heterocycles. The molecule has 0 atom stereocenters. The van der Waals surface area contributed by atoms with Crippen molar-refractivity contribution in [3.05, 3.63) is 58.5 Å².